The van der Waals surface area contributed by atoms with Gasteiger partial charge in [-0.1, -0.05) is 46.6 Å². The van der Waals surface area contributed by atoms with E-state index in [-0.39, 0.29) is 5.41 Å². The lowest BCUT2D eigenvalue weighted by Gasteiger charge is -2.49. The smallest absolute Gasteiger partial charge is 0.161 e. The Morgan fingerprint density at radius 2 is 1.90 bits per heavy atom. The molecular weight excluding hydrogens is 256 g/mol. The summed E-state index contributed by atoms with van der Waals surface area (Å²) in [4.78, 5) is 12.3. The maximum Gasteiger partial charge on any atom is 0.161 e. The van der Waals surface area contributed by atoms with Gasteiger partial charge in [-0.25, -0.2) is 0 Å². The number of carbonyl (C=O) groups is 1. The molecule has 3 aliphatic rings. The molecule has 0 aromatic rings. The third kappa shape index (κ3) is 2.33. The van der Waals surface area contributed by atoms with Crippen molar-refractivity contribution in [1.82, 2.24) is 0 Å². The van der Waals surface area contributed by atoms with Gasteiger partial charge in [0.25, 0.3) is 0 Å². The van der Waals surface area contributed by atoms with E-state index < -0.39 is 0 Å². The second kappa shape index (κ2) is 4.83. The van der Waals surface area contributed by atoms with E-state index >= 15 is 0 Å². The minimum atomic E-state index is -0.192. The van der Waals surface area contributed by atoms with Crippen LogP contribution in [0.3, 0.4) is 0 Å². The van der Waals surface area contributed by atoms with E-state index in [1.54, 1.807) is 11.1 Å². The van der Waals surface area contributed by atoms with Crippen molar-refractivity contribution >= 4 is 5.78 Å². The van der Waals surface area contributed by atoms with E-state index in [1.165, 1.54) is 31.3 Å². The second-order valence-electron chi connectivity index (χ2n) is 8.75. The molecule has 21 heavy (non-hydrogen) atoms. The van der Waals surface area contributed by atoms with Crippen LogP contribution in [-0.2, 0) is 4.79 Å². The first kappa shape index (κ1) is 15.1. The van der Waals surface area contributed by atoms with Gasteiger partial charge in [0, 0.05) is 5.41 Å². The average Bonchev–Trinajstić information content (AvgIpc) is 2.39. The van der Waals surface area contributed by atoms with E-state index in [0.29, 0.717) is 11.2 Å². The van der Waals surface area contributed by atoms with Crippen LogP contribution in [0.15, 0.2) is 22.8 Å². The van der Waals surface area contributed by atoms with E-state index in [9.17, 15) is 4.79 Å². The van der Waals surface area contributed by atoms with Gasteiger partial charge in [0.05, 0.1) is 0 Å². The van der Waals surface area contributed by atoms with Gasteiger partial charge in [0.1, 0.15) is 0 Å². The van der Waals surface area contributed by atoms with Crippen LogP contribution >= 0.6 is 0 Å². The molecule has 0 radical (unpaired) electrons. The van der Waals surface area contributed by atoms with Gasteiger partial charge in [-0.05, 0) is 66.6 Å². The maximum atomic E-state index is 12.3. The largest absolute Gasteiger partial charge is 0.294 e. The van der Waals surface area contributed by atoms with E-state index in [1.807, 2.05) is 6.08 Å². The van der Waals surface area contributed by atoms with Crippen molar-refractivity contribution in [2.45, 2.75) is 73.1 Å². The van der Waals surface area contributed by atoms with Crippen molar-refractivity contribution in [2.24, 2.45) is 22.7 Å². The van der Waals surface area contributed by atoms with Gasteiger partial charge >= 0.3 is 0 Å². The quantitative estimate of drug-likeness (QED) is 0.625. The number of fused-ring (bicyclic) bond motifs is 2. The number of ketones is 1. The number of carbonyl (C=O) groups excluding carboxylic acids is 1. The Morgan fingerprint density at radius 3 is 2.57 bits per heavy atom. The highest BCUT2D eigenvalue weighted by Crippen LogP contribution is 2.55. The standard InChI is InChI=1S/C20H30O/c1-6-17-15-8-7-13-11-18(21)20(4,5)12-16(13)14(15)9-10-19(17,2)3/h11,15,17H,6-10,12H2,1-5H3/t15-,17+/m1/s1. The van der Waals surface area contributed by atoms with Crippen LogP contribution in [0.5, 0.6) is 0 Å². The summed E-state index contributed by atoms with van der Waals surface area (Å²) in [6.07, 6.45) is 9.19. The lowest BCUT2D eigenvalue weighted by atomic mass is 9.55. The van der Waals surface area contributed by atoms with Gasteiger partial charge in [-0.2, -0.15) is 0 Å². The zero-order chi connectivity index (χ0) is 15.4. The normalized spacial score (nSPS) is 34.1. The summed E-state index contributed by atoms with van der Waals surface area (Å²) >= 11 is 0. The van der Waals surface area contributed by atoms with E-state index in [4.69, 9.17) is 0 Å². The maximum absolute atomic E-state index is 12.3. The van der Waals surface area contributed by atoms with Crippen molar-refractivity contribution < 1.29 is 4.79 Å². The minimum Gasteiger partial charge on any atom is -0.294 e. The first-order valence-electron chi connectivity index (χ1n) is 8.73. The van der Waals surface area contributed by atoms with Gasteiger partial charge in [0.15, 0.2) is 5.78 Å². The van der Waals surface area contributed by atoms with Crippen molar-refractivity contribution in [1.29, 1.82) is 0 Å². The summed E-state index contributed by atoms with van der Waals surface area (Å²) < 4.78 is 0. The summed E-state index contributed by atoms with van der Waals surface area (Å²) in [5, 5.41) is 0. The highest BCUT2D eigenvalue weighted by Gasteiger charge is 2.45. The lowest BCUT2D eigenvalue weighted by molar-refractivity contribution is -0.122. The molecule has 116 valence electrons. The molecule has 2 atom stereocenters. The number of allylic oxidation sites excluding steroid dienone is 4. The Labute approximate surface area is 129 Å². The molecule has 3 rings (SSSR count). The van der Waals surface area contributed by atoms with Crippen LogP contribution in [0.4, 0.5) is 0 Å². The molecule has 1 heteroatoms. The topological polar surface area (TPSA) is 17.1 Å². The lowest BCUT2D eigenvalue weighted by Crippen LogP contribution is -2.39. The molecule has 0 aromatic heterocycles. The molecule has 0 aliphatic heterocycles. The monoisotopic (exact) mass is 286 g/mol. The molecule has 0 amide bonds. The molecule has 0 bridgehead atoms. The summed E-state index contributed by atoms with van der Waals surface area (Å²) in [5.74, 6) is 1.93. The van der Waals surface area contributed by atoms with Gasteiger partial charge in [-0.15, -0.1) is 0 Å². The van der Waals surface area contributed by atoms with Crippen LogP contribution in [-0.4, -0.2) is 5.78 Å². The van der Waals surface area contributed by atoms with Crippen molar-refractivity contribution in [3.05, 3.63) is 22.8 Å². The average molecular weight is 286 g/mol. The molecule has 0 unspecified atom stereocenters. The summed E-state index contributed by atoms with van der Waals surface area (Å²) in [6.45, 7) is 11.5. The Bertz CT molecular complexity index is 530. The summed E-state index contributed by atoms with van der Waals surface area (Å²) in [6, 6.07) is 0. The van der Waals surface area contributed by atoms with Crippen molar-refractivity contribution in [2.75, 3.05) is 0 Å². The van der Waals surface area contributed by atoms with Crippen molar-refractivity contribution in [3.63, 3.8) is 0 Å². The van der Waals surface area contributed by atoms with E-state index in [0.717, 1.165) is 24.7 Å². The van der Waals surface area contributed by atoms with E-state index in [2.05, 4.69) is 34.6 Å². The molecule has 1 saturated carbocycles. The zero-order valence-corrected chi connectivity index (χ0v) is 14.4. The number of hydrogen-bond donors (Lipinski definition) is 0. The third-order valence-electron chi connectivity index (χ3n) is 6.51. The molecule has 3 aliphatic carbocycles. The van der Waals surface area contributed by atoms with Crippen LogP contribution in [0.1, 0.15) is 73.1 Å². The third-order valence-corrected chi connectivity index (χ3v) is 6.51. The molecule has 0 heterocycles. The van der Waals surface area contributed by atoms with Gasteiger partial charge < -0.3 is 0 Å². The fourth-order valence-electron chi connectivity index (χ4n) is 5.14. The summed E-state index contributed by atoms with van der Waals surface area (Å²) in [5.41, 5.74) is 4.96. The van der Waals surface area contributed by atoms with Crippen LogP contribution in [0.25, 0.3) is 0 Å². The fourth-order valence-corrected chi connectivity index (χ4v) is 5.14. The molecule has 1 fully saturated rings. The Hall–Kier alpha value is -0.850. The molecule has 1 nitrogen and oxygen atoms in total. The summed E-state index contributed by atoms with van der Waals surface area (Å²) in [7, 11) is 0. The molecule has 0 aromatic carbocycles. The Balaban J connectivity index is 2.05. The number of hydrogen-bond acceptors (Lipinski definition) is 1. The predicted molar refractivity (Wildman–Crippen MR) is 88.0 cm³/mol. The molecule has 0 saturated heterocycles. The zero-order valence-electron chi connectivity index (χ0n) is 14.4. The van der Waals surface area contributed by atoms with Crippen LogP contribution in [0.2, 0.25) is 0 Å². The van der Waals surface area contributed by atoms with Gasteiger partial charge in [0.2, 0.25) is 0 Å². The Morgan fingerprint density at radius 1 is 1.19 bits per heavy atom. The SMILES string of the molecule is CC[C@H]1[C@@H]2CCC3=CC(=O)C(C)(C)CC3=C2CCC1(C)C. The highest BCUT2D eigenvalue weighted by molar-refractivity contribution is 5.97. The molecular formula is C20H30O. The number of rotatable bonds is 1. The fraction of sp³-hybridized carbons (Fsp3) is 0.750. The highest BCUT2D eigenvalue weighted by atomic mass is 16.1. The molecule has 0 N–H and O–H groups in total. The van der Waals surface area contributed by atoms with Crippen LogP contribution < -0.4 is 0 Å². The Kier molecular flexibility index (Phi) is 3.46. The molecule has 0 spiro atoms. The van der Waals surface area contributed by atoms with Crippen molar-refractivity contribution in [3.8, 4) is 0 Å². The van der Waals surface area contributed by atoms with Gasteiger partial charge in [-0.3, -0.25) is 4.79 Å². The first-order chi connectivity index (χ1) is 9.76. The first-order valence-corrected chi connectivity index (χ1v) is 8.73. The minimum absolute atomic E-state index is 0.192. The predicted octanol–water partition coefficient (Wildman–Crippen LogP) is 5.46. The van der Waals surface area contributed by atoms with Crippen LogP contribution in [0, 0.1) is 22.7 Å². The second-order valence-corrected chi connectivity index (χ2v) is 8.75.